The number of benzene rings is 1. The van der Waals surface area contributed by atoms with Crippen molar-refractivity contribution in [3.8, 4) is 0 Å². The molecule has 5 nitrogen and oxygen atoms in total. The lowest BCUT2D eigenvalue weighted by atomic mass is 9.85. The number of para-hydroxylation sites is 1. The van der Waals surface area contributed by atoms with E-state index in [0.29, 0.717) is 12.2 Å². The first-order valence-electron chi connectivity index (χ1n) is 7.62. The first-order chi connectivity index (χ1) is 10.3. The van der Waals surface area contributed by atoms with Crippen molar-refractivity contribution in [2.24, 2.45) is 5.92 Å². The Kier molecular flexibility index (Phi) is 5.11. The highest BCUT2D eigenvalue weighted by Gasteiger charge is 2.26. The molecule has 1 amide bonds. The third-order valence-electron chi connectivity index (χ3n) is 4.18. The molecule has 0 unspecified atom stereocenters. The first-order valence-corrected chi connectivity index (χ1v) is 9.47. The predicted octanol–water partition coefficient (Wildman–Crippen LogP) is 1.99. The summed E-state index contributed by atoms with van der Waals surface area (Å²) in [6.45, 7) is 4.38. The molecule has 1 aromatic rings. The van der Waals surface area contributed by atoms with Crippen LogP contribution in [0.15, 0.2) is 18.2 Å². The van der Waals surface area contributed by atoms with Crippen molar-refractivity contribution in [3.05, 3.63) is 29.3 Å². The molecular formula is C16H24N2O3S. The van der Waals surface area contributed by atoms with Gasteiger partial charge in [-0.1, -0.05) is 24.6 Å². The zero-order valence-electron chi connectivity index (χ0n) is 13.4. The van der Waals surface area contributed by atoms with Gasteiger partial charge in [0.2, 0.25) is 15.9 Å². The molecule has 0 saturated heterocycles. The molecule has 0 atom stereocenters. The average molecular weight is 324 g/mol. The Morgan fingerprint density at radius 1 is 1.27 bits per heavy atom. The van der Waals surface area contributed by atoms with Crippen molar-refractivity contribution >= 4 is 21.6 Å². The zero-order valence-corrected chi connectivity index (χ0v) is 14.2. The summed E-state index contributed by atoms with van der Waals surface area (Å²) in [4.78, 5) is 11.8. The minimum Gasteiger partial charge on any atom is -0.354 e. The molecule has 6 heteroatoms. The molecular weight excluding hydrogens is 300 g/mol. The fourth-order valence-electron chi connectivity index (χ4n) is 2.74. The van der Waals surface area contributed by atoms with Crippen LogP contribution in [0.4, 0.5) is 5.69 Å². The lowest BCUT2D eigenvalue weighted by Crippen LogP contribution is -2.41. The molecule has 1 saturated carbocycles. The fraction of sp³-hybridized carbons (Fsp3) is 0.562. The Balaban J connectivity index is 2.09. The Labute approximate surface area is 132 Å². The summed E-state index contributed by atoms with van der Waals surface area (Å²) < 4.78 is 25.6. The van der Waals surface area contributed by atoms with Gasteiger partial charge in [-0.15, -0.1) is 0 Å². The van der Waals surface area contributed by atoms with Crippen LogP contribution in [0.3, 0.4) is 0 Å². The van der Waals surface area contributed by atoms with Gasteiger partial charge in [0.05, 0.1) is 18.5 Å². The first kappa shape index (κ1) is 16.8. The molecule has 0 spiro atoms. The summed E-state index contributed by atoms with van der Waals surface area (Å²) in [6, 6.07) is 5.70. The minimum atomic E-state index is -3.39. The van der Waals surface area contributed by atoms with Crippen LogP contribution in [0.1, 0.15) is 30.4 Å². The van der Waals surface area contributed by atoms with E-state index in [-0.39, 0.29) is 18.4 Å². The normalized spacial score (nSPS) is 15.2. The lowest BCUT2D eigenvalue weighted by molar-refractivity contribution is -0.127. The second-order valence-corrected chi connectivity index (χ2v) is 7.90. The van der Waals surface area contributed by atoms with Crippen molar-refractivity contribution < 1.29 is 13.2 Å². The third kappa shape index (κ3) is 3.80. The van der Waals surface area contributed by atoms with E-state index in [0.717, 1.165) is 30.4 Å². The number of aryl methyl sites for hydroxylation is 2. The van der Waals surface area contributed by atoms with Crippen LogP contribution >= 0.6 is 0 Å². The van der Waals surface area contributed by atoms with Crippen LogP contribution in [-0.2, 0) is 14.8 Å². The van der Waals surface area contributed by atoms with Gasteiger partial charge < -0.3 is 5.32 Å². The lowest BCUT2D eigenvalue weighted by Gasteiger charge is -2.27. The van der Waals surface area contributed by atoms with Gasteiger partial charge in [0.15, 0.2) is 0 Å². The van der Waals surface area contributed by atoms with Crippen molar-refractivity contribution in [1.82, 2.24) is 5.32 Å². The molecule has 1 fully saturated rings. The Morgan fingerprint density at radius 2 is 1.86 bits per heavy atom. The number of amides is 1. The summed E-state index contributed by atoms with van der Waals surface area (Å²) >= 11 is 0. The van der Waals surface area contributed by atoms with Crippen LogP contribution in [0, 0.1) is 19.8 Å². The number of nitrogens with zero attached hydrogens (tertiary/aromatic N) is 1. The third-order valence-corrected chi connectivity index (χ3v) is 5.35. The number of sulfonamides is 1. The van der Waals surface area contributed by atoms with Gasteiger partial charge in [0.1, 0.15) is 0 Å². The number of hydrogen-bond acceptors (Lipinski definition) is 3. The zero-order chi connectivity index (χ0) is 16.3. The standard InChI is InChI=1S/C16H24N2O3S/c1-12-6-4-7-13(2)15(12)18(22(3,20)21)11-10-17-16(19)14-8-5-9-14/h4,6-7,14H,5,8-11H2,1-3H3,(H,17,19). The van der Waals surface area contributed by atoms with E-state index in [9.17, 15) is 13.2 Å². The maximum Gasteiger partial charge on any atom is 0.232 e. The topological polar surface area (TPSA) is 66.5 Å². The summed E-state index contributed by atoms with van der Waals surface area (Å²) in [7, 11) is -3.39. The number of carbonyl (C=O) groups excluding carboxylic acids is 1. The highest BCUT2D eigenvalue weighted by Crippen LogP contribution is 2.27. The summed E-state index contributed by atoms with van der Waals surface area (Å²) in [6.07, 6.45) is 4.19. The second kappa shape index (κ2) is 6.69. The molecule has 2 rings (SSSR count). The maximum absolute atomic E-state index is 12.1. The smallest absolute Gasteiger partial charge is 0.232 e. The van der Waals surface area contributed by atoms with E-state index in [2.05, 4.69) is 5.32 Å². The van der Waals surface area contributed by atoms with E-state index >= 15 is 0 Å². The van der Waals surface area contributed by atoms with Crippen LogP contribution < -0.4 is 9.62 Å². The van der Waals surface area contributed by atoms with E-state index in [1.807, 2.05) is 32.0 Å². The molecule has 1 aliphatic rings. The van der Waals surface area contributed by atoms with Crippen LogP contribution in [-0.4, -0.2) is 33.7 Å². The average Bonchev–Trinajstić information content (AvgIpc) is 2.33. The Hall–Kier alpha value is -1.56. The molecule has 0 heterocycles. The SMILES string of the molecule is Cc1cccc(C)c1N(CCNC(=O)C1CCC1)S(C)(=O)=O. The van der Waals surface area contributed by atoms with Crippen molar-refractivity contribution in [2.75, 3.05) is 23.7 Å². The molecule has 0 radical (unpaired) electrons. The molecule has 122 valence electrons. The number of anilines is 1. The van der Waals surface area contributed by atoms with E-state index < -0.39 is 10.0 Å². The molecule has 0 bridgehead atoms. The maximum atomic E-state index is 12.1. The van der Waals surface area contributed by atoms with E-state index in [1.165, 1.54) is 10.6 Å². The van der Waals surface area contributed by atoms with E-state index in [1.54, 1.807) is 0 Å². The summed E-state index contributed by atoms with van der Waals surface area (Å²) in [5, 5.41) is 2.85. The predicted molar refractivity (Wildman–Crippen MR) is 88.5 cm³/mol. The second-order valence-electron chi connectivity index (χ2n) is 5.99. The molecule has 1 aromatic carbocycles. The van der Waals surface area contributed by atoms with Crippen LogP contribution in [0.5, 0.6) is 0 Å². The minimum absolute atomic E-state index is 0.0428. The van der Waals surface area contributed by atoms with Gasteiger partial charge in [-0.3, -0.25) is 9.10 Å². The van der Waals surface area contributed by atoms with Gasteiger partial charge in [-0.2, -0.15) is 0 Å². The van der Waals surface area contributed by atoms with E-state index in [4.69, 9.17) is 0 Å². The Morgan fingerprint density at radius 3 is 2.32 bits per heavy atom. The Bertz CT molecular complexity index is 631. The van der Waals surface area contributed by atoms with Gasteiger partial charge in [-0.05, 0) is 37.8 Å². The van der Waals surface area contributed by atoms with Gasteiger partial charge in [0, 0.05) is 12.5 Å². The van der Waals surface area contributed by atoms with Crippen molar-refractivity contribution in [3.63, 3.8) is 0 Å². The van der Waals surface area contributed by atoms with Crippen molar-refractivity contribution in [2.45, 2.75) is 33.1 Å². The van der Waals surface area contributed by atoms with Crippen LogP contribution in [0.25, 0.3) is 0 Å². The van der Waals surface area contributed by atoms with Gasteiger partial charge in [0.25, 0.3) is 0 Å². The quantitative estimate of drug-likeness (QED) is 0.870. The summed E-state index contributed by atoms with van der Waals surface area (Å²) in [5.74, 6) is 0.160. The molecule has 1 N–H and O–H groups in total. The van der Waals surface area contributed by atoms with Gasteiger partial charge >= 0.3 is 0 Å². The summed E-state index contributed by atoms with van der Waals surface area (Å²) in [5.41, 5.74) is 2.54. The molecule has 0 aliphatic heterocycles. The van der Waals surface area contributed by atoms with Gasteiger partial charge in [-0.25, -0.2) is 8.42 Å². The van der Waals surface area contributed by atoms with Crippen LogP contribution in [0.2, 0.25) is 0 Å². The highest BCUT2D eigenvalue weighted by molar-refractivity contribution is 7.92. The van der Waals surface area contributed by atoms with Crippen molar-refractivity contribution in [1.29, 1.82) is 0 Å². The molecule has 1 aliphatic carbocycles. The monoisotopic (exact) mass is 324 g/mol. The number of hydrogen-bond donors (Lipinski definition) is 1. The highest BCUT2D eigenvalue weighted by atomic mass is 32.2. The number of carbonyl (C=O) groups is 1. The number of rotatable bonds is 6. The molecule has 0 aromatic heterocycles. The molecule has 22 heavy (non-hydrogen) atoms. The number of nitrogens with one attached hydrogen (secondary N) is 1. The largest absolute Gasteiger partial charge is 0.354 e. The fourth-order valence-corrected chi connectivity index (χ4v) is 3.78.